The average molecular weight is 380 g/mol. The summed E-state index contributed by atoms with van der Waals surface area (Å²) < 4.78 is 16.4. The molecule has 1 aliphatic heterocycles. The van der Waals surface area contributed by atoms with Crippen LogP contribution in [0, 0.1) is 5.82 Å². The number of hydrogen-bond acceptors (Lipinski definition) is 1. The molecule has 0 aliphatic carbocycles. The molecule has 122 valence electrons. The number of amides is 2. The molecular weight excluding hydrogens is 361 g/mol. The predicted molar refractivity (Wildman–Crippen MR) is 91.2 cm³/mol. The number of nitrogens with zero attached hydrogens (tertiary/aromatic N) is 2. The SMILES string of the molecule is O=C(NCCCBr)N1CCn2cccc2[C@H]1c1ccccc1F. The number of hydrogen-bond donors (Lipinski definition) is 1. The van der Waals surface area contributed by atoms with Gasteiger partial charge in [-0.3, -0.25) is 0 Å². The van der Waals surface area contributed by atoms with Gasteiger partial charge in [0.2, 0.25) is 0 Å². The number of fused-ring (bicyclic) bond motifs is 1. The third-order valence-corrected chi connectivity index (χ3v) is 4.65. The molecule has 23 heavy (non-hydrogen) atoms. The Kier molecular flexibility index (Phi) is 5.00. The first kappa shape index (κ1) is 16.1. The van der Waals surface area contributed by atoms with E-state index in [1.807, 2.05) is 18.3 Å². The molecule has 2 aromatic rings. The summed E-state index contributed by atoms with van der Waals surface area (Å²) in [5, 5.41) is 3.76. The van der Waals surface area contributed by atoms with Crippen molar-refractivity contribution >= 4 is 22.0 Å². The van der Waals surface area contributed by atoms with Crippen LogP contribution in [-0.4, -0.2) is 33.9 Å². The molecule has 0 fully saturated rings. The summed E-state index contributed by atoms with van der Waals surface area (Å²) >= 11 is 3.35. The Hall–Kier alpha value is -1.82. The third kappa shape index (κ3) is 3.27. The fraction of sp³-hybridized carbons (Fsp3) is 0.353. The number of rotatable bonds is 4. The van der Waals surface area contributed by atoms with Crippen molar-refractivity contribution in [2.75, 3.05) is 18.4 Å². The minimum absolute atomic E-state index is 0.147. The fourth-order valence-corrected chi connectivity index (χ4v) is 3.27. The molecule has 0 saturated heterocycles. The topological polar surface area (TPSA) is 37.3 Å². The first-order chi connectivity index (χ1) is 11.2. The Morgan fingerprint density at radius 3 is 2.87 bits per heavy atom. The van der Waals surface area contributed by atoms with Crippen LogP contribution in [0.1, 0.15) is 23.7 Å². The lowest BCUT2D eigenvalue weighted by Gasteiger charge is -2.37. The molecule has 0 unspecified atom stereocenters. The minimum Gasteiger partial charge on any atom is -0.348 e. The van der Waals surface area contributed by atoms with Gasteiger partial charge in [-0.15, -0.1) is 0 Å². The predicted octanol–water partition coefficient (Wildman–Crippen LogP) is 3.53. The van der Waals surface area contributed by atoms with E-state index in [0.29, 0.717) is 18.7 Å². The highest BCUT2D eigenvalue weighted by molar-refractivity contribution is 9.09. The summed E-state index contributed by atoms with van der Waals surface area (Å²) in [6, 6.07) is 10.0. The molecule has 0 radical (unpaired) electrons. The second kappa shape index (κ2) is 7.17. The molecule has 0 spiro atoms. The van der Waals surface area contributed by atoms with E-state index in [1.54, 1.807) is 23.1 Å². The Morgan fingerprint density at radius 1 is 1.26 bits per heavy atom. The van der Waals surface area contributed by atoms with Crippen molar-refractivity contribution in [3.8, 4) is 0 Å². The number of nitrogens with one attached hydrogen (secondary N) is 1. The average Bonchev–Trinajstić information content (AvgIpc) is 3.03. The molecule has 1 atom stereocenters. The number of carbonyl (C=O) groups is 1. The van der Waals surface area contributed by atoms with Crippen LogP contribution in [0.3, 0.4) is 0 Å². The maximum atomic E-state index is 14.3. The molecule has 4 nitrogen and oxygen atoms in total. The summed E-state index contributed by atoms with van der Waals surface area (Å²) in [5.41, 5.74) is 1.47. The lowest BCUT2D eigenvalue weighted by Crippen LogP contribution is -2.47. The minimum atomic E-state index is -0.399. The summed E-state index contributed by atoms with van der Waals surface area (Å²) in [7, 11) is 0. The molecule has 3 rings (SSSR count). The van der Waals surface area contributed by atoms with E-state index in [9.17, 15) is 9.18 Å². The number of carbonyl (C=O) groups excluding carboxylic acids is 1. The van der Waals surface area contributed by atoms with Crippen molar-refractivity contribution < 1.29 is 9.18 Å². The van der Waals surface area contributed by atoms with E-state index in [0.717, 1.165) is 24.0 Å². The van der Waals surface area contributed by atoms with Crippen LogP contribution in [-0.2, 0) is 6.54 Å². The van der Waals surface area contributed by atoms with E-state index < -0.39 is 6.04 Å². The van der Waals surface area contributed by atoms with E-state index in [1.165, 1.54) is 6.07 Å². The number of aromatic nitrogens is 1. The maximum absolute atomic E-state index is 14.3. The van der Waals surface area contributed by atoms with Gasteiger partial charge in [0.1, 0.15) is 11.9 Å². The third-order valence-electron chi connectivity index (χ3n) is 4.09. The first-order valence-corrected chi connectivity index (χ1v) is 8.84. The molecule has 2 amide bonds. The van der Waals surface area contributed by atoms with Gasteiger partial charge in [-0.05, 0) is 24.6 Å². The lowest BCUT2D eigenvalue weighted by molar-refractivity contribution is 0.167. The van der Waals surface area contributed by atoms with Gasteiger partial charge in [-0.2, -0.15) is 0 Å². The maximum Gasteiger partial charge on any atom is 0.318 e. The van der Waals surface area contributed by atoms with E-state index in [4.69, 9.17) is 0 Å². The van der Waals surface area contributed by atoms with Gasteiger partial charge in [0, 0.05) is 42.4 Å². The molecule has 6 heteroatoms. The molecule has 1 aliphatic rings. The normalized spacial score (nSPS) is 17.0. The summed E-state index contributed by atoms with van der Waals surface area (Å²) in [5.74, 6) is -0.287. The van der Waals surface area contributed by atoms with Crippen LogP contribution < -0.4 is 5.32 Å². The molecule has 2 heterocycles. The van der Waals surface area contributed by atoms with Crippen molar-refractivity contribution in [1.82, 2.24) is 14.8 Å². The first-order valence-electron chi connectivity index (χ1n) is 7.72. The fourth-order valence-electron chi connectivity index (χ4n) is 2.99. The Morgan fingerprint density at radius 2 is 2.09 bits per heavy atom. The monoisotopic (exact) mass is 379 g/mol. The van der Waals surface area contributed by atoms with Crippen LogP contribution in [0.4, 0.5) is 9.18 Å². The number of benzene rings is 1. The number of urea groups is 1. The molecule has 0 saturated carbocycles. The number of alkyl halides is 1. The van der Waals surface area contributed by atoms with Gasteiger partial charge < -0.3 is 14.8 Å². The Labute approximate surface area is 143 Å². The highest BCUT2D eigenvalue weighted by atomic mass is 79.9. The van der Waals surface area contributed by atoms with Crippen molar-refractivity contribution in [2.45, 2.75) is 19.0 Å². The van der Waals surface area contributed by atoms with Crippen molar-refractivity contribution in [2.24, 2.45) is 0 Å². The van der Waals surface area contributed by atoms with Crippen molar-refractivity contribution in [3.05, 3.63) is 59.7 Å². The van der Waals surface area contributed by atoms with E-state index in [-0.39, 0.29) is 11.8 Å². The van der Waals surface area contributed by atoms with Crippen LogP contribution >= 0.6 is 15.9 Å². The molecule has 1 N–H and O–H groups in total. The van der Waals surface area contributed by atoms with Gasteiger partial charge >= 0.3 is 6.03 Å². The van der Waals surface area contributed by atoms with Crippen molar-refractivity contribution in [3.63, 3.8) is 0 Å². The van der Waals surface area contributed by atoms with Crippen LogP contribution in [0.25, 0.3) is 0 Å². The van der Waals surface area contributed by atoms with Gasteiger partial charge in [0.25, 0.3) is 0 Å². The van der Waals surface area contributed by atoms with Crippen LogP contribution in [0.5, 0.6) is 0 Å². The smallest absolute Gasteiger partial charge is 0.318 e. The molecule has 1 aromatic carbocycles. The zero-order chi connectivity index (χ0) is 16.2. The highest BCUT2D eigenvalue weighted by Gasteiger charge is 2.33. The van der Waals surface area contributed by atoms with Gasteiger partial charge in [0.15, 0.2) is 0 Å². The van der Waals surface area contributed by atoms with Gasteiger partial charge in [-0.1, -0.05) is 34.1 Å². The molecule has 1 aromatic heterocycles. The Balaban J connectivity index is 1.93. The Bertz CT molecular complexity index is 688. The highest BCUT2D eigenvalue weighted by Crippen LogP contribution is 2.33. The van der Waals surface area contributed by atoms with Gasteiger partial charge in [0.05, 0.1) is 0 Å². The van der Waals surface area contributed by atoms with Crippen molar-refractivity contribution in [1.29, 1.82) is 0 Å². The lowest BCUT2D eigenvalue weighted by atomic mass is 9.99. The summed E-state index contributed by atoms with van der Waals surface area (Å²) in [4.78, 5) is 14.3. The largest absolute Gasteiger partial charge is 0.348 e. The van der Waals surface area contributed by atoms with E-state index in [2.05, 4.69) is 25.8 Å². The summed E-state index contributed by atoms with van der Waals surface area (Å²) in [6.45, 7) is 1.88. The summed E-state index contributed by atoms with van der Waals surface area (Å²) in [6.07, 6.45) is 2.84. The quantitative estimate of drug-likeness (QED) is 0.640. The standard InChI is InChI=1S/C17H19BrFN3O/c18-8-4-9-20-17(23)22-12-11-21-10-3-7-15(21)16(22)13-5-1-2-6-14(13)19/h1-3,5-7,10,16H,4,8-9,11-12H2,(H,20,23)/t16-/m1/s1. The number of halogens is 2. The second-order valence-electron chi connectivity index (χ2n) is 5.52. The van der Waals surface area contributed by atoms with Crippen LogP contribution in [0.15, 0.2) is 42.6 Å². The van der Waals surface area contributed by atoms with E-state index >= 15 is 0 Å². The zero-order valence-corrected chi connectivity index (χ0v) is 14.3. The molecular formula is C17H19BrFN3O. The second-order valence-corrected chi connectivity index (χ2v) is 6.31. The molecule has 0 bridgehead atoms. The van der Waals surface area contributed by atoms with Gasteiger partial charge in [-0.25, -0.2) is 9.18 Å². The van der Waals surface area contributed by atoms with Crippen LogP contribution in [0.2, 0.25) is 0 Å². The zero-order valence-electron chi connectivity index (χ0n) is 12.7.